The highest BCUT2D eigenvalue weighted by atomic mass is 32.2. The zero-order valence-corrected chi connectivity index (χ0v) is 14.4. The predicted octanol–water partition coefficient (Wildman–Crippen LogP) is 2.68. The topological polar surface area (TPSA) is 74.7 Å². The van der Waals surface area contributed by atoms with Gasteiger partial charge in [0.15, 0.2) is 0 Å². The average Bonchev–Trinajstić information content (AvgIpc) is 2.91. The molecule has 0 bridgehead atoms. The number of aliphatic carboxylic acids is 1. The zero-order chi connectivity index (χ0) is 17.5. The Morgan fingerprint density at radius 2 is 2.04 bits per heavy atom. The molecule has 0 aromatic heterocycles. The fraction of sp³-hybridized carbons (Fsp3) is 0.588. The van der Waals surface area contributed by atoms with Gasteiger partial charge in [0.1, 0.15) is 11.9 Å². The molecule has 132 valence electrons. The van der Waals surface area contributed by atoms with Crippen molar-refractivity contribution in [3.8, 4) is 0 Å². The molecule has 1 heterocycles. The van der Waals surface area contributed by atoms with Gasteiger partial charge in [-0.2, -0.15) is 4.31 Å². The third kappa shape index (κ3) is 3.19. The van der Waals surface area contributed by atoms with Crippen LogP contribution in [0.1, 0.15) is 43.2 Å². The standard InChI is InChI=1S/C17H22FNO4S/c1-11-6-7-12(8-14(11)18)10-24(22,23)19-15-5-3-2-4-13(15)9-16(19)17(20)21/h6-8,13,15-16H,2-5,9-10H2,1H3,(H,20,21). The summed E-state index contributed by atoms with van der Waals surface area (Å²) in [5.41, 5.74) is 0.801. The molecule has 2 fully saturated rings. The summed E-state index contributed by atoms with van der Waals surface area (Å²) in [5, 5.41) is 9.47. The highest BCUT2D eigenvalue weighted by molar-refractivity contribution is 7.88. The SMILES string of the molecule is Cc1ccc(CS(=O)(=O)N2C(C(=O)O)CC3CCCCC32)cc1F. The first-order valence-electron chi connectivity index (χ1n) is 8.28. The maximum Gasteiger partial charge on any atom is 0.322 e. The number of rotatable bonds is 4. The van der Waals surface area contributed by atoms with Gasteiger partial charge in [-0.15, -0.1) is 0 Å². The van der Waals surface area contributed by atoms with Crippen LogP contribution in [0.3, 0.4) is 0 Å². The van der Waals surface area contributed by atoms with Crippen LogP contribution in [0.4, 0.5) is 4.39 Å². The Hall–Kier alpha value is -1.47. The van der Waals surface area contributed by atoms with E-state index in [1.807, 2.05) is 0 Å². The minimum Gasteiger partial charge on any atom is -0.480 e. The van der Waals surface area contributed by atoms with E-state index < -0.39 is 27.9 Å². The molecular weight excluding hydrogens is 333 g/mol. The normalized spacial score (nSPS) is 27.8. The third-order valence-corrected chi connectivity index (χ3v) is 7.09. The van der Waals surface area contributed by atoms with E-state index in [2.05, 4.69) is 0 Å². The molecule has 1 aliphatic carbocycles. The Balaban J connectivity index is 1.90. The van der Waals surface area contributed by atoms with Crippen LogP contribution in [0.25, 0.3) is 0 Å². The van der Waals surface area contributed by atoms with Gasteiger partial charge in [0.2, 0.25) is 10.0 Å². The molecule has 3 unspecified atom stereocenters. The summed E-state index contributed by atoms with van der Waals surface area (Å²) in [6.45, 7) is 1.61. The number of sulfonamides is 1. The van der Waals surface area contributed by atoms with Gasteiger partial charge in [0.25, 0.3) is 0 Å². The maximum absolute atomic E-state index is 13.7. The summed E-state index contributed by atoms with van der Waals surface area (Å²) in [5.74, 6) is -1.79. The fourth-order valence-electron chi connectivity index (χ4n) is 4.04. The summed E-state index contributed by atoms with van der Waals surface area (Å²) in [6.07, 6.45) is 3.89. The van der Waals surface area contributed by atoms with E-state index in [4.69, 9.17) is 0 Å². The third-order valence-electron chi connectivity index (χ3n) is 5.22. The summed E-state index contributed by atoms with van der Waals surface area (Å²) in [4.78, 5) is 11.6. The van der Waals surface area contributed by atoms with E-state index >= 15 is 0 Å². The van der Waals surface area contributed by atoms with E-state index in [0.29, 0.717) is 24.0 Å². The zero-order valence-electron chi connectivity index (χ0n) is 13.6. The van der Waals surface area contributed by atoms with Crippen molar-refractivity contribution in [2.75, 3.05) is 0 Å². The van der Waals surface area contributed by atoms with E-state index in [9.17, 15) is 22.7 Å². The molecule has 3 rings (SSSR count). The number of benzene rings is 1. The lowest BCUT2D eigenvalue weighted by molar-refractivity contribution is -0.141. The Kier molecular flexibility index (Phi) is 4.66. The fourth-order valence-corrected chi connectivity index (χ4v) is 6.04. The maximum atomic E-state index is 13.7. The lowest BCUT2D eigenvalue weighted by Gasteiger charge is -2.32. The molecular formula is C17H22FNO4S. The first-order valence-corrected chi connectivity index (χ1v) is 9.89. The number of hydrogen-bond donors (Lipinski definition) is 1. The Bertz CT molecular complexity index is 749. The van der Waals surface area contributed by atoms with Crippen molar-refractivity contribution in [3.05, 3.63) is 35.1 Å². The second kappa shape index (κ2) is 6.44. The van der Waals surface area contributed by atoms with Crippen molar-refractivity contribution < 1.29 is 22.7 Å². The van der Waals surface area contributed by atoms with Crippen LogP contribution < -0.4 is 0 Å². The number of carboxylic acid groups (broad SMARTS) is 1. The number of carbonyl (C=O) groups is 1. The first kappa shape index (κ1) is 17.4. The first-order chi connectivity index (χ1) is 11.3. The van der Waals surface area contributed by atoms with Crippen LogP contribution >= 0.6 is 0 Å². The molecule has 0 amide bonds. The molecule has 1 aromatic carbocycles. The highest BCUT2D eigenvalue weighted by Crippen LogP contribution is 2.42. The van der Waals surface area contributed by atoms with Gasteiger partial charge in [0, 0.05) is 6.04 Å². The number of halogens is 1. The number of nitrogens with zero attached hydrogens (tertiary/aromatic N) is 1. The molecule has 2 aliphatic rings. The molecule has 0 spiro atoms. The summed E-state index contributed by atoms with van der Waals surface area (Å²) < 4.78 is 40.7. The minimum atomic E-state index is -3.82. The number of fused-ring (bicyclic) bond motifs is 1. The molecule has 7 heteroatoms. The van der Waals surface area contributed by atoms with Gasteiger partial charge >= 0.3 is 5.97 Å². The molecule has 3 atom stereocenters. The van der Waals surface area contributed by atoms with Crippen molar-refractivity contribution in [1.82, 2.24) is 4.31 Å². The highest BCUT2D eigenvalue weighted by Gasteiger charge is 2.50. The Labute approximate surface area is 141 Å². The van der Waals surface area contributed by atoms with Gasteiger partial charge in [-0.3, -0.25) is 4.79 Å². The van der Waals surface area contributed by atoms with Crippen molar-refractivity contribution >= 4 is 16.0 Å². The second-order valence-electron chi connectivity index (χ2n) is 6.87. The minimum absolute atomic E-state index is 0.115. The molecule has 1 N–H and O–H groups in total. The quantitative estimate of drug-likeness (QED) is 0.901. The van der Waals surface area contributed by atoms with Gasteiger partial charge in [-0.1, -0.05) is 25.0 Å². The van der Waals surface area contributed by atoms with Crippen molar-refractivity contribution in [1.29, 1.82) is 0 Å². The van der Waals surface area contributed by atoms with Gasteiger partial charge in [-0.25, -0.2) is 12.8 Å². The van der Waals surface area contributed by atoms with Crippen LogP contribution in [0.15, 0.2) is 18.2 Å². The lowest BCUT2D eigenvalue weighted by Crippen LogP contribution is -2.46. The van der Waals surface area contributed by atoms with Gasteiger partial charge in [-0.05, 0) is 49.3 Å². The van der Waals surface area contributed by atoms with E-state index in [0.717, 1.165) is 19.3 Å². The van der Waals surface area contributed by atoms with Gasteiger partial charge in [0.05, 0.1) is 5.75 Å². The number of hydrogen-bond acceptors (Lipinski definition) is 3. The molecule has 1 saturated heterocycles. The lowest BCUT2D eigenvalue weighted by atomic mass is 9.85. The van der Waals surface area contributed by atoms with Crippen molar-refractivity contribution in [3.63, 3.8) is 0 Å². The Morgan fingerprint density at radius 3 is 2.71 bits per heavy atom. The molecule has 0 radical (unpaired) electrons. The predicted molar refractivity (Wildman–Crippen MR) is 87.4 cm³/mol. The van der Waals surface area contributed by atoms with Crippen LogP contribution in [-0.4, -0.2) is 35.9 Å². The second-order valence-corrected chi connectivity index (χ2v) is 8.75. The van der Waals surface area contributed by atoms with Crippen LogP contribution in [0.5, 0.6) is 0 Å². The van der Waals surface area contributed by atoms with Crippen molar-refractivity contribution in [2.24, 2.45) is 5.92 Å². The van der Waals surface area contributed by atoms with E-state index in [1.54, 1.807) is 19.1 Å². The van der Waals surface area contributed by atoms with Crippen LogP contribution in [0.2, 0.25) is 0 Å². The van der Waals surface area contributed by atoms with Crippen LogP contribution in [-0.2, 0) is 20.6 Å². The largest absolute Gasteiger partial charge is 0.480 e. The van der Waals surface area contributed by atoms with E-state index in [-0.39, 0.29) is 17.7 Å². The molecule has 1 aliphatic heterocycles. The molecule has 1 aromatic rings. The molecule has 1 saturated carbocycles. The summed E-state index contributed by atoms with van der Waals surface area (Å²) >= 11 is 0. The number of aryl methyl sites for hydroxylation is 1. The molecule has 5 nitrogen and oxygen atoms in total. The number of carboxylic acids is 1. The average molecular weight is 355 g/mol. The van der Waals surface area contributed by atoms with E-state index in [1.165, 1.54) is 10.4 Å². The van der Waals surface area contributed by atoms with Crippen molar-refractivity contribution in [2.45, 2.75) is 56.9 Å². The Morgan fingerprint density at radius 1 is 1.33 bits per heavy atom. The summed E-state index contributed by atoms with van der Waals surface area (Å²) in [7, 11) is -3.82. The van der Waals surface area contributed by atoms with Crippen LogP contribution in [0, 0.1) is 18.7 Å². The smallest absolute Gasteiger partial charge is 0.322 e. The van der Waals surface area contributed by atoms with Gasteiger partial charge < -0.3 is 5.11 Å². The molecule has 24 heavy (non-hydrogen) atoms. The summed E-state index contributed by atoms with van der Waals surface area (Å²) in [6, 6.07) is 3.11. The monoisotopic (exact) mass is 355 g/mol.